The highest BCUT2D eigenvalue weighted by Gasteiger charge is 2.42. The Morgan fingerprint density at radius 1 is 0.938 bits per heavy atom. The van der Waals surface area contributed by atoms with E-state index in [1.807, 2.05) is 0 Å². The zero-order valence-electron chi connectivity index (χ0n) is 11.4. The van der Waals surface area contributed by atoms with Gasteiger partial charge in [0.1, 0.15) is 0 Å². The first kappa shape index (κ1) is 13.7. The van der Waals surface area contributed by atoms with Gasteiger partial charge in [-0.05, 0) is 40.2 Å². The molecule has 1 heteroatoms. The fraction of sp³-hybridized carbons (Fsp3) is 0.600. The summed E-state index contributed by atoms with van der Waals surface area (Å²) in [4.78, 5) is 0. The Kier molecular flexibility index (Phi) is 4.99. The molecule has 1 aromatic rings. The normalized spacial score (nSPS) is 12.4. The number of hydrogen-bond donors (Lipinski definition) is 0. The van der Waals surface area contributed by atoms with Crippen LogP contribution >= 0.6 is 7.26 Å². The van der Waals surface area contributed by atoms with Crippen LogP contribution in [-0.2, 0) is 6.16 Å². The van der Waals surface area contributed by atoms with E-state index in [9.17, 15) is 0 Å². The largest absolute Gasteiger partial charge is 0.0847 e. The predicted molar refractivity (Wildman–Crippen MR) is 77.9 cm³/mol. The van der Waals surface area contributed by atoms with Crippen LogP contribution < -0.4 is 0 Å². The minimum Gasteiger partial charge on any atom is -0.0622 e. The lowest BCUT2D eigenvalue weighted by Gasteiger charge is -2.34. The van der Waals surface area contributed by atoms with E-state index in [1.54, 1.807) is 0 Å². The van der Waals surface area contributed by atoms with Crippen LogP contribution in [0.1, 0.15) is 40.2 Å². The molecule has 0 N–H and O–H groups in total. The first-order valence-corrected chi connectivity index (χ1v) is 8.73. The highest BCUT2D eigenvalue weighted by molar-refractivity contribution is 7.76. The molecule has 0 unspecified atom stereocenters. The molecular weight excluding hydrogens is 211 g/mol. The molecule has 0 saturated heterocycles. The molecule has 1 rings (SSSR count). The van der Waals surface area contributed by atoms with E-state index in [0.29, 0.717) is 0 Å². The van der Waals surface area contributed by atoms with E-state index in [-0.39, 0.29) is 0 Å². The molecule has 16 heavy (non-hydrogen) atoms. The molecule has 0 bridgehead atoms. The second-order valence-corrected chi connectivity index (χ2v) is 10.5. The van der Waals surface area contributed by atoms with Crippen LogP contribution in [0.3, 0.4) is 0 Å². The summed E-state index contributed by atoms with van der Waals surface area (Å²) in [5.74, 6) is 0. The highest BCUT2D eigenvalue weighted by Crippen LogP contribution is 2.68. The van der Waals surface area contributed by atoms with E-state index in [4.69, 9.17) is 0 Å². The summed E-state index contributed by atoms with van der Waals surface area (Å²) >= 11 is 0. The van der Waals surface area contributed by atoms with E-state index in [2.05, 4.69) is 65.0 Å². The van der Waals surface area contributed by atoms with Gasteiger partial charge in [-0.25, -0.2) is 0 Å². The number of hydrogen-bond acceptors (Lipinski definition) is 0. The fourth-order valence-corrected chi connectivity index (χ4v) is 7.22. The number of rotatable bonds is 5. The average molecular weight is 237 g/mol. The van der Waals surface area contributed by atoms with E-state index in [0.717, 1.165) is 11.3 Å². The SMILES string of the molecule is CC[P+](Cc1ccccc1)(C(C)C)C(C)C. The quantitative estimate of drug-likeness (QED) is 0.629. The van der Waals surface area contributed by atoms with Crippen molar-refractivity contribution in [3.8, 4) is 0 Å². The summed E-state index contributed by atoms with van der Waals surface area (Å²) in [7, 11) is -0.843. The molecule has 0 amide bonds. The molecule has 1 aromatic carbocycles. The molecule has 90 valence electrons. The van der Waals surface area contributed by atoms with Crippen LogP contribution in [0.4, 0.5) is 0 Å². The Morgan fingerprint density at radius 3 is 1.81 bits per heavy atom. The lowest BCUT2D eigenvalue weighted by Crippen LogP contribution is -2.19. The molecule has 0 heterocycles. The summed E-state index contributed by atoms with van der Waals surface area (Å²) in [5, 5.41) is 0. The van der Waals surface area contributed by atoms with Gasteiger partial charge in [-0.15, -0.1) is 0 Å². The highest BCUT2D eigenvalue weighted by atomic mass is 31.2. The second kappa shape index (κ2) is 5.82. The second-order valence-electron chi connectivity index (χ2n) is 5.25. The van der Waals surface area contributed by atoms with Crippen molar-refractivity contribution in [2.75, 3.05) is 6.16 Å². The minimum absolute atomic E-state index is 0.843. The fourth-order valence-electron chi connectivity index (χ4n) is 2.73. The lowest BCUT2D eigenvalue weighted by atomic mass is 10.2. The average Bonchev–Trinajstić information content (AvgIpc) is 2.26. The molecule has 0 atom stereocenters. The number of benzene rings is 1. The molecule has 0 nitrogen and oxygen atoms in total. The maximum Gasteiger partial charge on any atom is 0.0847 e. The smallest absolute Gasteiger partial charge is 0.0622 e. The van der Waals surface area contributed by atoms with Crippen molar-refractivity contribution in [2.24, 2.45) is 0 Å². The third-order valence-corrected chi connectivity index (χ3v) is 10.2. The third kappa shape index (κ3) is 2.86. The van der Waals surface area contributed by atoms with Crippen molar-refractivity contribution in [3.05, 3.63) is 35.9 Å². The molecule has 0 aliphatic rings. The third-order valence-electron chi connectivity index (χ3n) is 3.97. The summed E-state index contributed by atoms with van der Waals surface area (Å²) in [5.41, 5.74) is 3.22. The van der Waals surface area contributed by atoms with E-state index in [1.165, 1.54) is 17.9 Å². The van der Waals surface area contributed by atoms with E-state index < -0.39 is 7.26 Å². The van der Waals surface area contributed by atoms with Gasteiger partial charge >= 0.3 is 0 Å². The summed E-state index contributed by atoms with van der Waals surface area (Å²) in [6, 6.07) is 11.0. The molecule has 0 aromatic heterocycles. The lowest BCUT2D eigenvalue weighted by molar-refractivity contribution is 0.954. The Balaban J connectivity index is 2.95. The Bertz CT molecular complexity index is 292. The van der Waals surface area contributed by atoms with Gasteiger partial charge in [0.15, 0.2) is 0 Å². The van der Waals surface area contributed by atoms with Crippen LogP contribution in [0.25, 0.3) is 0 Å². The molecule has 0 spiro atoms. The van der Waals surface area contributed by atoms with Crippen LogP contribution in [0.5, 0.6) is 0 Å². The Morgan fingerprint density at radius 2 is 1.44 bits per heavy atom. The standard InChI is InChI=1S/C15H26P/c1-6-16(13(2)3,14(4)5)12-15-10-8-7-9-11-15/h7-11,13-14H,6,12H2,1-5H3/q+1. The Hall–Kier alpha value is -0.350. The van der Waals surface area contributed by atoms with Gasteiger partial charge in [0.05, 0.1) is 23.6 Å². The van der Waals surface area contributed by atoms with Crippen LogP contribution in [-0.4, -0.2) is 17.5 Å². The van der Waals surface area contributed by atoms with Crippen LogP contribution in [0.2, 0.25) is 0 Å². The predicted octanol–water partition coefficient (Wildman–Crippen LogP) is 5.04. The van der Waals surface area contributed by atoms with Gasteiger partial charge in [0, 0.05) is 7.26 Å². The molecular formula is C15H26P+. The minimum atomic E-state index is -0.843. The zero-order valence-corrected chi connectivity index (χ0v) is 12.3. The maximum atomic E-state index is 2.42. The van der Waals surface area contributed by atoms with Crippen LogP contribution in [0.15, 0.2) is 30.3 Å². The van der Waals surface area contributed by atoms with Gasteiger partial charge in [-0.2, -0.15) is 0 Å². The van der Waals surface area contributed by atoms with Crippen molar-refractivity contribution in [2.45, 2.75) is 52.1 Å². The van der Waals surface area contributed by atoms with Crippen LogP contribution in [0, 0.1) is 0 Å². The van der Waals surface area contributed by atoms with Crippen molar-refractivity contribution < 1.29 is 0 Å². The van der Waals surface area contributed by atoms with Gasteiger partial charge in [-0.1, -0.05) is 30.3 Å². The zero-order chi connectivity index (χ0) is 12.2. The van der Waals surface area contributed by atoms with Crippen molar-refractivity contribution in [3.63, 3.8) is 0 Å². The molecule has 0 fully saturated rings. The summed E-state index contributed by atoms with van der Waals surface area (Å²) < 4.78 is 0. The first-order chi connectivity index (χ1) is 7.53. The molecule has 0 aliphatic heterocycles. The van der Waals surface area contributed by atoms with Crippen molar-refractivity contribution in [1.82, 2.24) is 0 Å². The molecule has 0 radical (unpaired) electrons. The molecule has 0 saturated carbocycles. The van der Waals surface area contributed by atoms with E-state index >= 15 is 0 Å². The summed E-state index contributed by atoms with van der Waals surface area (Å²) in [6.07, 6.45) is 2.69. The van der Waals surface area contributed by atoms with Gasteiger partial charge in [0.25, 0.3) is 0 Å². The maximum absolute atomic E-state index is 2.42. The van der Waals surface area contributed by atoms with Crippen molar-refractivity contribution >= 4 is 7.26 Å². The van der Waals surface area contributed by atoms with Gasteiger partial charge in [0.2, 0.25) is 0 Å². The first-order valence-electron chi connectivity index (χ1n) is 6.43. The topological polar surface area (TPSA) is 0 Å². The van der Waals surface area contributed by atoms with Crippen molar-refractivity contribution in [1.29, 1.82) is 0 Å². The van der Waals surface area contributed by atoms with Gasteiger partial charge < -0.3 is 0 Å². The Labute approximate surface area is 102 Å². The monoisotopic (exact) mass is 237 g/mol. The summed E-state index contributed by atoms with van der Waals surface area (Å²) in [6.45, 7) is 12.1. The van der Waals surface area contributed by atoms with Gasteiger partial charge in [-0.3, -0.25) is 0 Å². The molecule has 0 aliphatic carbocycles.